The van der Waals surface area contributed by atoms with Crippen molar-refractivity contribution in [1.82, 2.24) is 4.90 Å². The smallest absolute Gasteiger partial charge is 0.0478 e. The van der Waals surface area contributed by atoms with Crippen LogP contribution < -0.4 is 0 Å². The molecule has 0 amide bonds. The first kappa shape index (κ1) is 12.9. The summed E-state index contributed by atoms with van der Waals surface area (Å²) in [7, 11) is 0. The first-order chi connectivity index (χ1) is 6.35. The highest BCUT2D eigenvalue weighted by Gasteiger charge is 2.00. The summed E-state index contributed by atoms with van der Waals surface area (Å²) in [5.74, 6) is 0. The average molecular weight is 189 g/mol. The zero-order chi connectivity index (χ0) is 9.94. The summed E-state index contributed by atoms with van der Waals surface area (Å²) in [5, 5.41) is 8.67. The molecule has 0 aliphatic heterocycles. The van der Waals surface area contributed by atoms with Crippen LogP contribution in [-0.4, -0.2) is 49.5 Å². The molecule has 0 bridgehead atoms. The van der Waals surface area contributed by atoms with Gasteiger partial charge >= 0.3 is 0 Å². The molecule has 0 atom stereocenters. The summed E-state index contributed by atoms with van der Waals surface area (Å²) in [5.41, 5.74) is 0. The fourth-order valence-corrected chi connectivity index (χ4v) is 1.26. The van der Waals surface area contributed by atoms with Gasteiger partial charge in [0.15, 0.2) is 0 Å². The summed E-state index contributed by atoms with van der Waals surface area (Å²) in [4.78, 5) is 2.34. The molecule has 80 valence electrons. The van der Waals surface area contributed by atoms with Gasteiger partial charge in [0.1, 0.15) is 0 Å². The Hall–Kier alpha value is -0.120. The second-order valence-electron chi connectivity index (χ2n) is 3.06. The van der Waals surface area contributed by atoms with Crippen LogP contribution >= 0.6 is 0 Å². The van der Waals surface area contributed by atoms with E-state index in [1.54, 1.807) is 0 Å². The van der Waals surface area contributed by atoms with Gasteiger partial charge in [0, 0.05) is 32.9 Å². The van der Waals surface area contributed by atoms with Crippen LogP contribution in [0.2, 0.25) is 0 Å². The largest absolute Gasteiger partial charge is 0.396 e. The van der Waals surface area contributed by atoms with Crippen LogP contribution in [-0.2, 0) is 4.74 Å². The third-order valence-electron chi connectivity index (χ3n) is 2.05. The molecule has 1 N–H and O–H groups in total. The van der Waals surface area contributed by atoms with E-state index in [9.17, 15) is 0 Å². The molecular weight excluding hydrogens is 166 g/mol. The molecule has 0 heterocycles. The lowest BCUT2D eigenvalue weighted by Crippen LogP contribution is -2.27. The Bertz CT molecular complexity index is 98.9. The Kier molecular flexibility index (Phi) is 9.87. The second-order valence-corrected chi connectivity index (χ2v) is 3.06. The Morgan fingerprint density at radius 2 is 1.85 bits per heavy atom. The molecule has 0 aromatic heterocycles. The highest BCUT2D eigenvalue weighted by molar-refractivity contribution is 4.54. The normalized spacial score (nSPS) is 11.1. The maximum atomic E-state index is 8.67. The minimum Gasteiger partial charge on any atom is -0.396 e. The van der Waals surface area contributed by atoms with Crippen molar-refractivity contribution in [3.05, 3.63) is 0 Å². The second kappa shape index (κ2) is 9.96. The van der Waals surface area contributed by atoms with Crippen LogP contribution in [0.3, 0.4) is 0 Å². The molecule has 3 heteroatoms. The van der Waals surface area contributed by atoms with Gasteiger partial charge in [0.2, 0.25) is 0 Å². The first-order valence-corrected chi connectivity index (χ1v) is 5.26. The number of hydrogen-bond acceptors (Lipinski definition) is 3. The van der Waals surface area contributed by atoms with Gasteiger partial charge in [-0.1, -0.05) is 6.92 Å². The molecule has 0 aromatic carbocycles. The maximum absolute atomic E-state index is 8.67. The molecule has 0 saturated carbocycles. The molecule has 0 aliphatic carbocycles. The quantitative estimate of drug-likeness (QED) is 0.552. The van der Waals surface area contributed by atoms with Gasteiger partial charge in [0.05, 0.1) is 0 Å². The van der Waals surface area contributed by atoms with Crippen molar-refractivity contribution in [1.29, 1.82) is 0 Å². The van der Waals surface area contributed by atoms with E-state index >= 15 is 0 Å². The summed E-state index contributed by atoms with van der Waals surface area (Å²) in [6.07, 6.45) is 1.97. The molecule has 13 heavy (non-hydrogen) atoms. The predicted molar refractivity (Wildman–Crippen MR) is 54.9 cm³/mol. The molecule has 3 nitrogen and oxygen atoms in total. The fourth-order valence-electron chi connectivity index (χ4n) is 1.26. The Labute approximate surface area is 81.7 Å². The molecule has 0 rings (SSSR count). The third kappa shape index (κ3) is 8.22. The molecule has 0 fully saturated rings. The van der Waals surface area contributed by atoms with Crippen molar-refractivity contribution in [3.8, 4) is 0 Å². The molecule has 0 aliphatic rings. The number of hydrogen-bond donors (Lipinski definition) is 1. The van der Waals surface area contributed by atoms with E-state index in [0.717, 1.165) is 45.7 Å². The number of aliphatic hydroxyl groups is 1. The lowest BCUT2D eigenvalue weighted by molar-refractivity contribution is 0.131. The first-order valence-electron chi connectivity index (χ1n) is 5.26. The summed E-state index contributed by atoms with van der Waals surface area (Å²) >= 11 is 0. The fraction of sp³-hybridized carbons (Fsp3) is 1.00. The highest BCUT2D eigenvalue weighted by atomic mass is 16.5. The topological polar surface area (TPSA) is 32.7 Å². The SMILES string of the molecule is CCOCCCN(CC)CCCO. The van der Waals surface area contributed by atoms with Crippen molar-refractivity contribution >= 4 is 0 Å². The lowest BCUT2D eigenvalue weighted by Gasteiger charge is -2.19. The zero-order valence-corrected chi connectivity index (χ0v) is 8.96. The van der Waals surface area contributed by atoms with E-state index in [1.807, 2.05) is 6.92 Å². The van der Waals surface area contributed by atoms with E-state index in [2.05, 4.69) is 11.8 Å². The van der Waals surface area contributed by atoms with Gasteiger partial charge in [-0.15, -0.1) is 0 Å². The molecule has 0 spiro atoms. The van der Waals surface area contributed by atoms with Crippen LogP contribution in [0.25, 0.3) is 0 Å². The minimum absolute atomic E-state index is 0.294. The monoisotopic (exact) mass is 189 g/mol. The van der Waals surface area contributed by atoms with Crippen molar-refractivity contribution in [3.63, 3.8) is 0 Å². The Morgan fingerprint density at radius 1 is 1.15 bits per heavy atom. The van der Waals surface area contributed by atoms with E-state index in [-0.39, 0.29) is 0 Å². The van der Waals surface area contributed by atoms with Gasteiger partial charge in [0.25, 0.3) is 0 Å². The number of rotatable bonds is 9. The lowest BCUT2D eigenvalue weighted by atomic mass is 10.3. The average Bonchev–Trinajstić information content (AvgIpc) is 2.17. The number of ether oxygens (including phenoxy) is 1. The zero-order valence-electron chi connectivity index (χ0n) is 8.96. The van der Waals surface area contributed by atoms with E-state index in [4.69, 9.17) is 9.84 Å². The van der Waals surface area contributed by atoms with Crippen LogP contribution in [0.5, 0.6) is 0 Å². The van der Waals surface area contributed by atoms with Crippen LogP contribution in [0.1, 0.15) is 26.7 Å². The van der Waals surface area contributed by atoms with Gasteiger partial charge in [-0.25, -0.2) is 0 Å². The summed E-state index contributed by atoms with van der Waals surface area (Å²) in [6, 6.07) is 0. The maximum Gasteiger partial charge on any atom is 0.0478 e. The summed E-state index contributed by atoms with van der Waals surface area (Å²) < 4.78 is 5.26. The van der Waals surface area contributed by atoms with E-state index in [0.29, 0.717) is 6.61 Å². The number of nitrogens with zero attached hydrogens (tertiary/aromatic N) is 1. The van der Waals surface area contributed by atoms with Crippen LogP contribution in [0, 0.1) is 0 Å². The molecule has 0 unspecified atom stereocenters. The molecular formula is C10H23NO2. The van der Waals surface area contributed by atoms with Gasteiger partial charge in [-0.3, -0.25) is 0 Å². The predicted octanol–water partition coefficient (Wildman–Crippen LogP) is 1.12. The molecule has 0 radical (unpaired) electrons. The van der Waals surface area contributed by atoms with E-state index < -0.39 is 0 Å². The van der Waals surface area contributed by atoms with Gasteiger partial charge in [-0.2, -0.15) is 0 Å². The minimum atomic E-state index is 0.294. The Morgan fingerprint density at radius 3 is 2.38 bits per heavy atom. The van der Waals surface area contributed by atoms with Crippen molar-refractivity contribution in [2.75, 3.05) is 39.5 Å². The summed E-state index contributed by atoms with van der Waals surface area (Å²) in [6.45, 7) is 9.26. The molecule has 0 aromatic rings. The van der Waals surface area contributed by atoms with Crippen molar-refractivity contribution in [2.45, 2.75) is 26.7 Å². The molecule has 0 saturated heterocycles. The van der Waals surface area contributed by atoms with Crippen LogP contribution in [0.15, 0.2) is 0 Å². The van der Waals surface area contributed by atoms with Gasteiger partial charge < -0.3 is 14.7 Å². The van der Waals surface area contributed by atoms with Gasteiger partial charge in [-0.05, 0) is 26.3 Å². The standard InChI is InChI=1S/C10H23NO2/c1-3-11(7-5-9-12)8-6-10-13-4-2/h12H,3-10H2,1-2H3. The van der Waals surface area contributed by atoms with E-state index in [1.165, 1.54) is 0 Å². The van der Waals surface area contributed by atoms with Crippen molar-refractivity contribution in [2.24, 2.45) is 0 Å². The third-order valence-corrected chi connectivity index (χ3v) is 2.05. The van der Waals surface area contributed by atoms with Crippen LogP contribution in [0.4, 0.5) is 0 Å². The Balaban J connectivity index is 3.25. The number of aliphatic hydroxyl groups excluding tert-OH is 1. The van der Waals surface area contributed by atoms with Crippen molar-refractivity contribution < 1.29 is 9.84 Å². The highest BCUT2D eigenvalue weighted by Crippen LogP contribution is 1.94.